The summed E-state index contributed by atoms with van der Waals surface area (Å²) >= 11 is 0. The Morgan fingerprint density at radius 3 is 0.862 bits per heavy atom. The molecule has 0 radical (unpaired) electrons. The first-order valence-electron chi connectivity index (χ1n) is 5.64. The first-order chi connectivity index (χ1) is 11.7. The van der Waals surface area contributed by atoms with E-state index in [0.717, 1.165) is 0 Å². The molecule has 0 saturated carbocycles. The van der Waals surface area contributed by atoms with Gasteiger partial charge in [0.15, 0.2) is 0 Å². The molecule has 172 valence electrons. The van der Waals surface area contributed by atoms with E-state index in [0.29, 0.717) is 0 Å². The van der Waals surface area contributed by atoms with Gasteiger partial charge in [0.2, 0.25) is 0 Å². The van der Waals surface area contributed by atoms with E-state index >= 15 is 0 Å². The molecule has 20 heteroatoms. The molecule has 0 aliphatic heterocycles. The summed E-state index contributed by atoms with van der Waals surface area (Å²) in [4.78, 5) is 9.77. The fraction of sp³-hybridized carbons (Fsp3) is 0.889. The van der Waals surface area contributed by atoms with Crippen molar-refractivity contribution >= 4 is 54.9 Å². The van der Waals surface area contributed by atoms with Gasteiger partial charge in [0.05, 0.1) is 0 Å². The number of alkyl halides is 17. The fourth-order valence-corrected chi connectivity index (χ4v) is 1.30. The summed E-state index contributed by atoms with van der Waals surface area (Å²) in [6.07, 6.45) is -7.83. The van der Waals surface area contributed by atoms with Crippen molar-refractivity contribution in [1.82, 2.24) is 0 Å². The Kier molecular flexibility index (Phi) is 8.31. The van der Waals surface area contributed by atoms with Crippen molar-refractivity contribution < 1.29 is 84.5 Å². The SMILES string of the molecule is O=C(O)C(F)(F)C(F)(F)C(F)(F)C(F)(F)C(F)(F)C(F)(F)C(F)(F)C(F)(F)F.[BaH2]. The van der Waals surface area contributed by atoms with Gasteiger partial charge in [-0.15, -0.1) is 0 Å². The molecule has 0 fully saturated rings. The van der Waals surface area contributed by atoms with Crippen molar-refractivity contribution in [3.8, 4) is 0 Å². The van der Waals surface area contributed by atoms with Crippen LogP contribution in [0.15, 0.2) is 0 Å². The van der Waals surface area contributed by atoms with Crippen LogP contribution in [0.4, 0.5) is 74.6 Å². The zero-order valence-corrected chi connectivity index (χ0v) is 11.8. The summed E-state index contributed by atoms with van der Waals surface area (Å²) in [5.41, 5.74) is 0. The van der Waals surface area contributed by atoms with Crippen molar-refractivity contribution in [3.05, 3.63) is 0 Å². The number of aliphatic carboxylic acids is 1. The zero-order valence-electron chi connectivity index (χ0n) is 11.8. The van der Waals surface area contributed by atoms with Crippen molar-refractivity contribution in [2.24, 2.45) is 0 Å². The molecular weight excluding hydrogens is 600 g/mol. The predicted octanol–water partition coefficient (Wildman–Crippen LogP) is 4.16. The van der Waals surface area contributed by atoms with E-state index in [4.69, 9.17) is 5.11 Å². The van der Waals surface area contributed by atoms with Crippen LogP contribution in [0.3, 0.4) is 0 Å². The van der Waals surface area contributed by atoms with Crippen LogP contribution in [0.2, 0.25) is 0 Å². The molecule has 0 spiro atoms. The molecule has 0 aliphatic carbocycles. The second-order valence-electron chi connectivity index (χ2n) is 4.82. The molecule has 0 aromatic heterocycles. The predicted molar refractivity (Wildman–Crippen MR) is 56.9 cm³/mol. The number of hydrogen-bond acceptors (Lipinski definition) is 1. The quantitative estimate of drug-likeness (QED) is 0.351. The van der Waals surface area contributed by atoms with E-state index in [-0.39, 0.29) is 48.9 Å². The van der Waals surface area contributed by atoms with Crippen molar-refractivity contribution in [1.29, 1.82) is 0 Å². The Morgan fingerprint density at radius 1 is 0.448 bits per heavy atom. The molecular formula is C9H3BaF17O2. The number of rotatable bonds is 7. The van der Waals surface area contributed by atoms with Gasteiger partial charge in [-0.05, 0) is 0 Å². The third kappa shape index (κ3) is 3.93. The Morgan fingerprint density at radius 2 is 0.655 bits per heavy atom. The van der Waals surface area contributed by atoms with Crippen LogP contribution < -0.4 is 0 Å². The summed E-state index contributed by atoms with van der Waals surface area (Å²) in [7, 11) is 0. The van der Waals surface area contributed by atoms with E-state index in [1.165, 1.54) is 0 Å². The maximum atomic E-state index is 13.0. The monoisotopic (exact) mass is 604 g/mol. The van der Waals surface area contributed by atoms with E-state index < -0.39 is 53.6 Å². The molecule has 2 nitrogen and oxygen atoms in total. The average Bonchev–Trinajstić information content (AvgIpc) is 2.44. The number of carboxylic acid groups (broad SMARTS) is 1. The standard InChI is InChI=1S/C9HF17O2.Ba.2H/c10-2(11,1(27)28)3(12,13)4(14,15)5(16,17)6(18,19)7(20,21)8(22,23)9(24,25)26;;;/h(H,27,28);;;. The molecule has 0 amide bonds. The van der Waals surface area contributed by atoms with Gasteiger partial charge in [-0.3, -0.25) is 0 Å². The molecule has 0 atom stereocenters. The normalized spacial score (nSPS) is 15.8. The molecule has 1 N–H and O–H groups in total. The van der Waals surface area contributed by atoms with Gasteiger partial charge < -0.3 is 5.11 Å². The molecule has 0 aliphatic rings. The minimum absolute atomic E-state index is 0. The molecule has 0 bridgehead atoms. The molecule has 0 rings (SSSR count). The maximum absolute atomic E-state index is 13.0. The van der Waals surface area contributed by atoms with Crippen LogP contribution in [0.25, 0.3) is 0 Å². The number of carboxylic acids is 1. The van der Waals surface area contributed by atoms with Crippen LogP contribution >= 0.6 is 0 Å². The minimum atomic E-state index is -8.76. The molecule has 0 aromatic carbocycles. The van der Waals surface area contributed by atoms with Crippen LogP contribution in [0.5, 0.6) is 0 Å². The Balaban J connectivity index is 0. The summed E-state index contributed by atoms with van der Waals surface area (Å²) < 4.78 is 214. The van der Waals surface area contributed by atoms with Gasteiger partial charge in [0.1, 0.15) is 0 Å². The second kappa shape index (κ2) is 7.77. The van der Waals surface area contributed by atoms with Gasteiger partial charge >= 0.3 is 102 Å². The third-order valence-electron chi connectivity index (χ3n) is 2.99. The summed E-state index contributed by atoms with van der Waals surface area (Å²) in [6, 6.07) is 0. The Bertz CT molecular complexity index is 621. The van der Waals surface area contributed by atoms with Gasteiger partial charge in [-0.1, -0.05) is 0 Å². The molecule has 29 heavy (non-hydrogen) atoms. The number of carbonyl (C=O) groups is 1. The number of hydrogen-bond donors (Lipinski definition) is 1. The summed E-state index contributed by atoms with van der Waals surface area (Å²) in [5.74, 6) is -62.9. The van der Waals surface area contributed by atoms with Gasteiger partial charge in [-0.2, -0.15) is 74.6 Å². The second-order valence-corrected chi connectivity index (χ2v) is 4.82. The van der Waals surface area contributed by atoms with Gasteiger partial charge in [0, 0.05) is 0 Å². The van der Waals surface area contributed by atoms with Crippen molar-refractivity contribution in [2.75, 3.05) is 0 Å². The van der Waals surface area contributed by atoms with Crippen molar-refractivity contribution in [2.45, 2.75) is 47.6 Å². The van der Waals surface area contributed by atoms with Crippen molar-refractivity contribution in [3.63, 3.8) is 0 Å². The molecule has 0 aromatic rings. The summed E-state index contributed by atoms with van der Waals surface area (Å²) in [6.45, 7) is 0. The van der Waals surface area contributed by atoms with Crippen LogP contribution in [0, 0.1) is 0 Å². The third-order valence-corrected chi connectivity index (χ3v) is 2.99. The average molecular weight is 603 g/mol. The molecule has 0 heterocycles. The van der Waals surface area contributed by atoms with Gasteiger partial charge in [0.25, 0.3) is 0 Å². The van der Waals surface area contributed by atoms with E-state index in [2.05, 4.69) is 0 Å². The topological polar surface area (TPSA) is 37.3 Å². The van der Waals surface area contributed by atoms with E-state index in [1.807, 2.05) is 0 Å². The van der Waals surface area contributed by atoms with Crippen LogP contribution in [-0.2, 0) is 4.79 Å². The first-order valence-corrected chi connectivity index (χ1v) is 5.64. The Labute approximate surface area is 186 Å². The molecule has 0 saturated heterocycles. The first kappa shape index (κ1) is 31.0. The van der Waals surface area contributed by atoms with E-state index in [9.17, 15) is 79.4 Å². The van der Waals surface area contributed by atoms with Crippen LogP contribution in [0.1, 0.15) is 0 Å². The Hall–Kier alpha value is -0.149. The molecule has 0 unspecified atom stereocenters. The van der Waals surface area contributed by atoms with Crippen LogP contribution in [-0.4, -0.2) is 108 Å². The van der Waals surface area contributed by atoms with E-state index in [1.54, 1.807) is 0 Å². The van der Waals surface area contributed by atoms with Gasteiger partial charge in [-0.25, -0.2) is 4.79 Å². The zero-order chi connectivity index (χ0) is 23.6. The summed E-state index contributed by atoms with van der Waals surface area (Å²) in [5, 5.41) is 7.59. The number of halogens is 17. The fourth-order valence-electron chi connectivity index (χ4n) is 1.30.